The Labute approximate surface area is 184 Å². The number of nitrogens with zero attached hydrogens (tertiary/aromatic N) is 2. The van der Waals surface area contributed by atoms with Gasteiger partial charge in [-0.15, -0.1) is 0 Å². The van der Waals surface area contributed by atoms with Crippen molar-refractivity contribution < 1.29 is 28.0 Å². The van der Waals surface area contributed by atoms with E-state index in [4.69, 9.17) is 14.0 Å². The summed E-state index contributed by atoms with van der Waals surface area (Å²) >= 11 is 0. The van der Waals surface area contributed by atoms with E-state index in [1.807, 2.05) is 27.7 Å². The first-order chi connectivity index (χ1) is 14.1. The first-order valence-corrected chi connectivity index (χ1v) is 10.5. The van der Waals surface area contributed by atoms with Crippen LogP contribution in [0, 0.1) is 5.82 Å². The predicted octanol–water partition coefficient (Wildman–Crippen LogP) is 2.82. The van der Waals surface area contributed by atoms with Crippen molar-refractivity contribution in [2.75, 3.05) is 20.1 Å². The molecule has 1 aromatic rings. The number of benzene rings is 1. The Kier molecular flexibility index (Phi) is 5.91. The maximum Gasteiger partial charge on any atom is 0.494 e. The molecule has 0 unspecified atom stereocenters. The van der Waals surface area contributed by atoms with Gasteiger partial charge < -0.3 is 23.8 Å². The predicted molar refractivity (Wildman–Crippen MR) is 116 cm³/mol. The van der Waals surface area contributed by atoms with Gasteiger partial charge in [0, 0.05) is 20.1 Å². The summed E-state index contributed by atoms with van der Waals surface area (Å²) in [6, 6.07) is 4.25. The van der Waals surface area contributed by atoms with Crippen LogP contribution in [0.5, 0.6) is 0 Å². The molecule has 0 saturated carbocycles. The molecule has 7 nitrogen and oxygen atoms in total. The number of hydrogen-bond donors (Lipinski definition) is 0. The highest BCUT2D eigenvalue weighted by Gasteiger charge is 2.52. The minimum absolute atomic E-state index is 0.0151. The molecule has 0 atom stereocenters. The van der Waals surface area contributed by atoms with Gasteiger partial charge in [0.2, 0.25) is 0 Å². The number of likely N-dealkylation sites (tertiary alicyclic amines) is 1. The third kappa shape index (κ3) is 4.72. The molecule has 170 valence electrons. The van der Waals surface area contributed by atoms with Crippen molar-refractivity contribution >= 4 is 24.6 Å². The molecule has 0 radical (unpaired) electrons. The van der Waals surface area contributed by atoms with Crippen LogP contribution in [0.1, 0.15) is 58.8 Å². The molecule has 2 fully saturated rings. The average Bonchev–Trinajstić information content (AvgIpc) is 2.79. The fraction of sp³-hybridized carbons (Fsp3) is 0.636. The van der Waals surface area contributed by atoms with Crippen LogP contribution in [0.15, 0.2) is 18.2 Å². The lowest BCUT2D eigenvalue weighted by molar-refractivity contribution is -0.00219. The lowest BCUT2D eigenvalue weighted by Crippen LogP contribution is -2.61. The smallest absolute Gasteiger partial charge is 0.444 e. The van der Waals surface area contributed by atoms with Gasteiger partial charge in [-0.3, -0.25) is 4.79 Å². The normalized spacial score (nSPS) is 20.4. The van der Waals surface area contributed by atoms with Crippen molar-refractivity contribution in [3.63, 3.8) is 0 Å². The second kappa shape index (κ2) is 7.78. The molecule has 2 amide bonds. The van der Waals surface area contributed by atoms with Gasteiger partial charge in [0.15, 0.2) is 0 Å². The summed E-state index contributed by atoms with van der Waals surface area (Å²) in [6.45, 7) is 13.7. The molecule has 0 bridgehead atoms. The monoisotopic (exact) mass is 434 g/mol. The van der Waals surface area contributed by atoms with Crippen molar-refractivity contribution in [3.8, 4) is 0 Å². The van der Waals surface area contributed by atoms with E-state index < -0.39 is 41.7 Å². The topological polar surface area (TPSA) is 68.3 Å². The van der Waals surface area contributed by atoms with Crippen molar-refractivity contribution in [1.29, 1.82) is 0 Å². The first-order valence-electron chi connectivity index (χ1n) is 10.5. The van der Waals surface area contributed by atoms with Crippen LogP contribution >= 0.6 is 0 Å². The highest BCUT2D eigenvalue weighted by atomic mass is 19.1. The van der Waals surface area contributed by atoms with E-state index in [0.29, 0.717) is 18.6 Å². The first kappa shape index (κ1) is 23.5. The fourth-order valence-electron chi connectivity index (χ4n) is 3.35. The Morgan fingerprint density at radius 3 is 2.19 bits per heavy atom. The van der Waals surface area contributed by atoms with Crippen LogP contribution in [0.3, 0.4) is 0 Å². The number of hydrogen-bond acceptors (Lipinski definition) is 5. The maximum absolute atomic E-state index is 14.8. The summed E-state index contributed by atoms with van der Waals surface area (Å²) in [7, 11) is 0.945. The van der Waals surface area contributed by atoms with E-state index in [9.17, 15) is 14.0 Å². The highest BCUT2D eigenvalue weighted by Crippen LogP contribution is 2.36. The Morgan fingerprint density at radius 1 is 1.16 bits per heavy atom. The Bertz CT molecular complexity index is 861. The van der Waals surface area contributed by atoms with Gasteiger partial charge in [-0.05, 0) is 66.1 Å². The highest BCUT2D eigenvalue weighted by molar-refractivity contribution is 6.62. The van der Waals surface area contributed by atoms with Gasteiger partial charge in [0.1, 0.15) is 11.4 Å². The van der Waals surface area contributed by atoms with E-state index in [-0.39, 0.29) is 11.6 Å². The number of ether oxygens (including phenoxy) is 1. The van der Waals surface area contributed by atoms with Gasteiger partial charge in [-0.1, -0.05) is 6.07 Å². The molecular weight excluding hydrogens is 402 g/mol. The molecule has 31 heavy (non-hydrogen) atoms. The largest absolute Gasteiger partial charge is 0.494 e. The number of halogens is 1. The van der Waals surface area contributed by atoms with E-state index >= 15 is 0 Å². The summed E-state index contributed by atoms with van der Waals surface area (Å²) in [5.41, 5.74) is -1.14. The molecule has 2 saturated heterocycles. The molecule has 3 rings (SSSR count). The lowest BCUT2D eigenvalue weighted by Gasteiger charge is -2.44. The van der Waals surface area contributed by atoms with E-state index in [1.54, 1.807) is 33.9 Å². The Balaban J connectivity index is 1.62. The van der Waals surface area contributed by atoms with E-state index in [2.05, 4.69) is 0 Å². The molecule has 2 aliphatic rings. The van der Waals surface area contributed by atoms with Crippen molar-refractivity contribution in [2.45, 2.75) is 71.3 Å². The van der Waals surface area contributed by atoms with Crippen molar-refractivity contribution in [2.24, 2.45) is 0 Å². The SMILES string of the molecule is CN(C(=O)OC(C)(C)C)C1CN(C(=O)c2ccc(B3OC(C)(C)C(C)(C)O3)cc2F)C1. The Hall–Kier alpha value is -2.13. The second-order valence-corrected chi connectivity index (χ2v) is 10.3. The number of amides is 2. The summed E-state index contributed by atoms with van der Waals surface area (Å²) in [6.07, 6.45) is -0.442. The molecule has 2 aliphatic heterocycles. The van der Waals surface area contributed by atoms with E-state index in [0.717, 1.165) is 0 Å². The van der Waals surface area contributed by atoms with Crippen LogP contribution in [-0.2, 0) is 14.0 Å². The quantitative estimate of drug-likeness (QED) is 0.685. The molecule has 9 heteroatoms. The molecule has 2 heterocycles. The molecule has 0 aromatic heterocycles. The Morgan fingerprint density at radius 2 is 1.71 bits per heavy atom. The zero-order valence-electron chi connectivity index (χ0n) is 19.6. The molecular formula is C22H32BFN2O5. The van der Waals surface area contributed by atoms with Gasteiger partial charge in [-0.2, -0.15) is 0 Å². The summed E-state index contributed by atoms with van der Waals surface area (Å²) in [5, 5.41) is 0. The minimum Gasteiger partial charge on any atom is -0.444 e. The summed E-state index contributed by atoms with van der Waals surface area (Å²) in [5.74, 6) is -1.03. The maximum atomic E-state index is 14.8. The fourth-order valence-corrected chi connectivity index (χ4v) is 3.35. The standard InChI is InChI=1S/C22H32BFN2O5/c1-20(2,3)29-19(28)25(8)15-12-26(13-15)18(27)16-10-9-14(11-17(16)24)23-30-21(4,5)22(6,7)31-23/h9-11,15H,12-13H2,1-8H3. The number of carbonyl (C=O) groups is 2. The van der Waals surface area contributed by atoms with Crippen LogP contribution in [0.4, 0.5) is 9.18 Å². The van der Waals surface area contributed by atoms with E-state index in [1.165, 1.54) is 21.9 Å². The average molecular weight is 434 g/mol. The van der Waals surface area contributed by atoms with Gasteiger partial charge in [0.05, 0.1) is 22.8 Å². The lowest BCUT2D eigenvalue weighted by atomic mass is 9.78. The van der Waals surface area contributed by atoms with Crippen molar-refractivity contribution in [3.05, 3.63) is 29.6 Å². The molecule has 0 N–H and O–H groups in total. The van der Waals surface area contributed by atoms with Crippen LogP contribution in [0.25, 0.3) is 0 Å². The van der Waals surface area contributed by atoms with Gasteiger partial charge in [-0.25, -0.2) is 9.18 Å². The third-order valence-corrected chi connectivity index (χ3v) is 6.13. The third-order valence-electron chi connectivity index (χ3n) is 6.13. The summed E-state index contributed by atoms with van der Waals surface area (Å²) in [4.78, 5) is 27.9. The number of likely N-dealkylation sites (N-methyl/N-ethyl adjacent to an activating group) is 1. The van der Waals surface area contributed by atoms with Crippen LogP contribution < -0.4 is 5.46 Å². The summed E-state index contributed by atoms with van der Waals surface area (Å²) < 4.78 is 32.0. The zero-order chi connectivity index (χ0) is 23.4. The second-order valence-electron chi connectivity index (χ2n) is 10.3. The van der Waals surface area contributed by atoms with Gasteiger partial charge in [0.25, 0.3) is 5.91 Å². The number of carbonyl (C=O) groups excluding carboxylic acids is 2. The minimum atomic E-state index is -0.695. The number of rotatable bonds is 3. The molecule has 0 aliphatic carbocycles. The molecule has 1 aromatic carbocycles. The molecule has 0 spiro atoms. The zero-order valence-corrected chi connectivity index (χ0v) is 19.6. The van der Waals surface area contributed by atoms with Crippen LogP contribution in [0.2, 0.25) is 0 Å². The van der Waals surface area contributed by atoms with Gasteiger partial charge >= 0.3 is 13.2 Å². The van der Waals surface area contributed by atoms with Crippen molar-refractivity contribution in [1.82, 2.24) is 9.80 Å². The van der Waals surface area contributed by atoms with Crippen LogP contribution in [-0.4, -0.2) is 71.9 Å².